The summed E-state index contributed by atoms with van der Waals surface area (Å²) in [6.07, 6.45) is 1.62. The molecule has 5 heteroatoms. The number of rotatable bonds is 6. The average Bonchev–Trinajstić information content (AvgIpc) is 3.09. The van der Waals surface area contributed by atoms with Crippen molar-refractivity contribution in [2.45, 2.75) is 33.0 Å². The summed E-state index contributed by atoms with van der Waals surface area (Å²) in [5, 5.41) is 2.01. The Hall–Kier alpha value is -1.59. The molecule has 2 atom stereocenters. The molecule has 2 unspecified atom stereocenters. The van der Waals surface area contributed by atoms with Crippen LogP contribution in [0.5, 0.6) is 0 Å². The number of furan rings is 1. The molecule has 0 spiro atoms. The topological polar surface area (TPSA) is 59.5 Å². The van der Waals surface area contributed by atoms with Gasteiger partial charge in [-0.05, 0) is 30.5 Å². The number of thiophene rings is 1. The van der Waals surface area contributed by atoms with Gasteiger partial charge in [0.1, 0.15) is 5.76 Å². The molecule has 0 aliphatic heterocycles. The molecule has 2 heterocycles. The van der Waals surface area contributed by atoms with Crippen LogP contribution in [-0.2, 0) is 17.9 Å². The summed E-state index contributed by atoms with van der Waals surface area (Å²) in [5.41, 5.74) is 5.85. The van der Waals surface area contributed by atoms with Gasteiger partial charge in [-0.25, -0.2) is 0 Å². The molecule has 4 nitrogen and oxygen atoms in total. The molecule has 0 aliphatic carbocycles. The van der Waals surface area contributed by atoms with Gasteiger partial charge in [0, 0.05) is 10.9 Å². The molecule has 2 N–H and O–H groups in total. The zero-order valence-electron chi connectivity index (χ0n) is 11.8. The van der Waals surface area contributed by atoms with E-state index >= 15 is 0 Å². The van der Waals surface area contributed by atoms with Crippen molar-refractivity contribution in [3.05, 3.63) is 46.5 Å². The molecule has 0 saturated heterocycles. The molecule has 0 bridgehead atoms. The van der Waals surface area contributed by atoms with Crippen molar-refractivity contribution in [3.63, 3.8) is 0 Å². The van der Waals surface area contributed by atoms with Gasteiger partial charge in [0.25, 0.3) is 0 Å². The number of hydrogen-bond donors (Lipinski definition) is 1. The first-order valence-electron chi connectivity index (χ1n) is 6.67. The van der Waals surface area contributed by atoms with Crippen LogP contribution in [0.15, 0.2) is 40.3 Å². The molecule has 0 fully saturated rings. The monoisotopic (exact) mass is 292 g/mol. The molecule has 108 valence electrons. The molecule has 0 aliphatic rings. The predicted octanol–water partition coefficient (Wildman–Crippen LogP) is 2.85. The Morgan fingerprint density at radius 1 is 1.35 bits per heavy atom. The van der Waals surface area contributed by atoms with Crippen LogP contribution in [0.4, 0.5) is 0 Å². The number of hydrogen-bond acceptors (Lipinski definition) is 4. The van der Waals surface area contributed by atoms with Crippen LogP contribution in [0.25, 0.3) is 0 Å². The fraction of sp³-hybridized carbons (Fsp3) is 0.400. The normalized spacial score (nSPS) is 13.9. The van der Waals surface area contributed by atoms with E-state index in [-0.39, 0.29) is 17.9 Å². The molecule has 0 aromatic carbocycles. The lowest BCUT2D eigenvalue weighted by atomic mass is 10.0. The summed E-state index contributed by atoms with van der Waals surface area (Å²) in [6.45, 7) is 4.80. The minimum Gasteiger partial charge on any atom is -0.467 e. The molecular formula is C15H20N2O2S. The van der Waals surface area contributed by atoms with Crippen LogP contribution in [0.1, 0.15) is 24.5 Å². The highest BCUT2D eigenvalue weighted by atomic mass is 32.1. The number of nitrogens with zero attached hydrogens (tertiary/aromatic N) is 1. The predicted molar refractivity (Wildman–Crippen MR) is 80.1 cm³/mol. The fourth-order valence-electron chi connectivity index (χ4n) is 1.91. The molecular weight excluding hydrogens is 272 g/mol. The zero-order valence-corrected chi connectivity index (χ0v) is 12.6. The first-order chi connectivity index (χ1) is 9.58. The summed E-state index contributed by atoms with van der Waals surface area (Å²) in [4.78, 5) is 15.5. The van der Waals surface area contributed by atoms with Gasteiger partial charge in [-0.1, -0.05) is 13.0 Å². The second-order valence-electron chi connectivity index (χ2n) is 5.00. The Kier molecular flexibility index (Phi) is 4.98. The summed E-state index contributed by atoms with van der Waals surface area (Å²) in [7, 11) is 0. The van der Waals surface area contributed by atoms with Crippen molar-refractivity contribution in [2.75, 3.05) is 0 Å². The standard InChI is InChI=1S/C15H20N2O2S/c1-11(12(2)16)15(18)17(9-13-5-3-7-19-13)10-14-6-4-8-20-14/h3-8,11-12H,9-10,16H2,1-2H3. The van der Waals surface area contributed by atoms with E-state index in [1.807, 2.05) is 43.5 Å². The third-order valence-electron chi connectivity index (χ3n) is 3.34. The van der Waals surface area contributed by atoms with Crippen molar-refractivity contribution >= 4 is 17.2 Å². The Morgan fingerprint density at radius 2 is 2.15 bits per heavy atom. The van der Waals surface area contributed by atoms with Crippen LogP contribution in [0.2, 0.25) is 0 Å². The van der Waals surface area contributed by atoms with Crippen molar-refractivity contribution in [3.8, 4) is 0 Å². The Morgan fingerprint density at radius 3 is 2.70 bits per heavy atom. The third-order valence-corrected chi connectivity index (χ3v) is 4.20. The van der Waals surface area contributed by atoms with Gasteiger partial charge in [0.05, 0.1) is 25.3 Å². The van der Waals surface area contributed by atoms with Crippen LogP contribution in [0.3, 0.4) is 0 Å². The minimum absolute atomic E-state index is 0.0600. The third kappa shape index (κ3) is 3.71. The van der Waals surface area contributed by atoms with E-state index in [2.05, 4.69) is 0 Å². The van der Waals surface area contributed by atoms with E-state index in [9.17, 15) is 4.79 Å². The quantitative estimate of drug-likeness (QED) is 0.890. The van der Waals surface area contributed by atoms with E-state index in [4.69, 9.17) is 10.2 Å². The Balaban J connectivity index is 2.12. The van der Waals surface area contributed by atoms with E-state index in [0.29, 0.717) is 13.1 Å². The highest BCUT2D eigenvalue weighted by molar-refractivity contribution is 7.09. The van der Waals surface area contributed by atoms with E-state index < -0.39 is 0 Å². The van der Waals surface area contributed by atoms with Gasteiger partial charge in [0.2, 0.25) is 5.91 Å². The van der Waals surface area contributed by atoms with Gasteiger partial charge in [-0.15, -0.1) is 11.3 Å². The molecule has 2 rings (SSSR count). The molecule has 0 saturated carbocycles. The molecule has 20 heavy (non-hydrogen) atoms. The van der Waals surface area contributed by atoms with Crippen molar-refractivity contribution < 1.29 is 9.21 Å². The highest BCUT2D eigenvalue weighted by Gasteiger charge is 2.24. The summed E-state index contributed by atoms with van der Waals surface area (Å²) >= 11 is 1.65. The van der Waals surface area contributed by atoms with Gasteiger partial charge in [0.15, 0.2) is 0 Å². The lowest BCUT2D eigenvalue weighted by Crippen LogP contribution is -2.40. The van der Waals surface area contributed by atoms with Gasteiger partial charge < -0.3 is 15.1 Å². The van der Waals surface area contributed by atoms with Crippen LogP contribution in [0, 0.1) is 5.92 Å². The van der Waals surface area contributed by atoms with E-state index in [0.717, 1.165) is 10.6 Å². The van der Waals surface area contributed by atoms with E-state index in [1.54, 1.807) is 22.5 Å². The van der Waals surface area contributed by atoms with Gasteiger partial charge in [-0.3, -0.25) is 4.79 Å². The molecule has 0 radical (unpaired) electrons. The lowest BCUT2D eigenvalue weighted by Gasteiger charge is -2.26. The van der Waals surface area contributed by atoms with Crippen molar-refractivity contribution in [1.29, 1.82) is 0 Å². The van der Waals surface area contributed by atoms with Crippen LogP contribution >= 0.6 is 11.3 Å². The lowest BCUT2D eigenvalue weighted by molar-refractivity contribution is -0.137. The SMILES string of the molecule is CC(N)C(C)C(=O)N(Cc1ccco1)Cc1cccs1. The fourth-order valence-corrected chi connectivity index (χ4v) is 2.63. The van der Waals surface area contributed by atoms with Crippen LogP contribution < -0.4 is 5.73 Å². The van der Waals surface area contributed by atoms with Gasteiger partial charge in [-0.2, -0.15) is 0 Å². The first kappa shape index (κ1) is 14.8. The maximum absolute atomic E-state index is 12.5. The second kappa shape index (κ2) is 6.72. The largest absolute Gasteiger partial charge is 0.467 e. The summed E-state index contributed by atoms with van der Waals surface area (Å²) in [5.74, 6) is 0.640. The Labute approximate surface area is 123 Å². The first-order valence-corrected chi connectivity index (χ1v) is 7.55. The maximum Gasteiger partial charge on any atom is 0.227 e. The number of carbonyl (C=O) groups is 1. The Bertz CT molecular complexity index is 484. The van der Waals surface area contributed by atoms with Crippen molar-refractivity contribution in [1.82, 2.24) is 4.90 Å². The summed E-state index contributed by atoms with van der Waals surface area (Å²) < 4.78 is 5.35. The van der Waals surface area contributed by atoms with E-state index in [1.165, 1.54) is 0 Å². The highest BCUT2D eigenvalue weighted by Crippen LogP contribution is 2.18. The summed E-state index contributed by atoms with van der Waals surface area (Å²) in [6, 6.07) is 7.57. The number of nitrogens with two attached hydrogens (primary N) is 1. The molecule has 2 aromatic heterocycles. The second-order valence-corrected chi connectivity index (χ2v) is 6.03. The average molecular weight is 292 g/mol. The number of amides is 1. The molecule has 2 aromatic rings. The minimum atomic E-state index is -0.204. The van der Waals surface area contributed by atoms with Gasteiger partial charge >= 0.3 is 0 Å². The number of carbonyl (C=O) groups excluding carboxylic acids is 1. The van der Waals surface area contributed by atoms with Crippen molar-refractivity contribution in [2.24, 2.45) is 11.7 Å². The molecule has 1 amide bonds. The van der Waals surface area contributed by atoms with Crippen LogP contribution in [-0.4, -0.2) is 16.8 Å². The maximum atomic E-state index is 12.5. The zero-order chi connectivity index (χ0) is 14.5. The smallest absolute Gasteiger partial charge is 0.227 e.